The van der Waals surface area contributed by atoms with Crippen LogP contribution in [0.15, 0.2) is 91.3 Å². The maximum absolute atomic E-state index is 8.29. The summed E-state index contributed by atoms with van der Waals surface area (Å²) in [6, 6.07) is 28.2. The maximum atomic E-state index is 8.29. The summed E-state index contributed by atoms with van der Waals surface area (Å²) < 4.78 is 18.9. The van der Waals surface area contributed by atoms with Gasteiger partial charge in [0.25, 0.3) is 0 Å². The molecule has 338 valence electrons. The van der Waals surface area contributed by atoms with Gasteiger partial charge in [0, 0.05) is 80.0 Å². The number of aromatic nitrogens is 6. The fraction of sp³-hybridized carbons (Fsp3) is 0.400. The van der Waals surface area contributed by atoms with Crippen LogP contribution in [-0.2, 0) is 24.4 Å². The molecule has 2 saturated carbocycles. The SMILES string of the molecule is CCc1cnc(N[C@@H]2CCC[C@](C)(N)C2)nc1-c1c(C)[nH]c2ccccc12.CCc1cnc(N[C@@H]2CCC[C@](C)(N)C2)nc1-c1c(C)n(-c2ccccc2)c2ccccc12.O=S=O.[Na+].[OH-]. The normalized spacial score (nSPS) is 20.2. The number of aromatic amines is 1. The summed E-state index contributed by atoms with van der Waals surface area (Å²) >= 11 is -0.750. The van der Waals surface area contributed by atoms with Gasteiger partial charge in [-0.05, 0) is 127 Å². The second kappa shape index (κ2) is 22.6. The van der Waals surface area contributed by atoms with Crippen molar-refractivity contribution in [3.8, 4) is 28.2 Å². The monoisotopic (exact) mass is 906 g/mol. The molecule has 3 aromatic carbocycles. The largest absolute Gasteiger partial charge is 1.00 e. The molecule has 0 radical (unpaired) electrons. The molecule has 2 aliphatic carbocycles. The maximum Gasteiger partial charge on any atom is 1.00 e. The van der Waals surface area contributed by atoms with Crippen molar-refractivity contribution in [1.29, 1.82) is 0 Å². The number of para-hydroxylation sites is 3. The van der Waals surface area contributed by atoms with Crippen molar-refractivity contribution in [3.05, 3.63) is 114 Å². The average Bonchev–Trinajstić information content (AvgIpc) is 3.75. The van der Waals surface area contributed by atoms with Gasteiger partial charge in [0.15, 0.2) is 0 Å². The molecule has 2 fully saturated rings. The Hall–Kier alpha value is -4.80. The van der Waals surface area contributed by atoms with Crippen LogP contribution in [0.4, 0.5) is 11.9 Å². The Balaban J connectivity index is 0.000000227. The van der Waals surface area contributed by atoms with Gasteiger partial charge in [0.2, 0.25) is 11.9 Å². The Labute approximate surface area is 408 Å². The van der Waals surface area contributed by atoms with Crippen molar-refractivity contribution in [1.82, 2.24) is 29.5 Å². The van der Waals surface area contributed by atoms with E-state index < -0.39 is 11.6 Å². The van der Waals surface area contributed by atoms with Gasteiger partial charge in [-0.1, -0.05) is 68.4 Å². The van der Waals surface area contributed by atoms with Crippen LogP contribution >= 0.6 is 0 Å². The van der Waals surface area contributed by atoms with E-state index in [1.165, 1.54) is 38.7 Å². The molecule has 9 rings (SSSR count). The summed E-state index contributed by atoms with van der Waals surface area (Å²) in [7, 11) is 0. The van der Waals surface area contributed by atoms with Crippen LogP contribution in [0.1, 0.15) is 102 Å². The Bertz CT molecular complexity index is 2710. The van der Waals surface area contributed by atoms with Gasteiger partial charge < -0.3 is 37.1 Å². The van der Waals surface area contributed by atoms with Crippen molar-refractivity contribution < 1.29 is 43.5 Å². The minimum Gasteiger partial charge on any atom is -0.870 e. The van der Waals surface area contributed by atoms with Gasteiger partial charge in [-0.25, -0.2) is 19.9 Å². The zero-order chi connectivity index (χ0) is 44.7. The number of hydrogen-bond acceptors (Lipinski definition) is 11. The number of rotatable bonds is 9. The number of hydrogen-bond donors (Lipinski definition) is 5. The molecular formula is C50H63N10NaO3S. The smallest absolute Gasteiger partial charge is 0.870 e. The van der Waals surface area contributed by atoms with E-state index >= 15 is 0 Å². The molecule has 0 saturated heterocycles. The van der Waals surface area contributed by atoms with E-state index in [1.54, 1.807) is 0 Å². The van der Waals surface area contributed by atoms with E-state index in [0.717, 1.165) is 98.1 Å². The van der Waals surface area contributed by atoms with Gasteiger partial charge in [-0.15, -0.1) is 0 Å². The third kappa shape index (κ3) is 12.0. The number of H-pyrrole nitrogens is 1. The van der Waals surface area contributed by atoms with E-state index in [-0.39, 0.29) is 46.1 Å². The zero-order valence-corrected chi connectivity index (χ0v) is 41.8. The Morgan fingerprint density at radius 2 is 1.20 bits per heavy atom. The third-order valence-electron chi connectivity index (χ3n) is 12.7. The first-order valence-corrected chi connectivity index (χ1v) is 23.0. The summed E-state index contributed by atoms with van der Waals surface area (Å²) in [5.74, 6) is 1.40. The quantitative estimate of drug-likeness (QED) is 0.0956. The number of anilines is 2. The summed E-state index contributed by atoms with van der Waals surface area (Å²) in [5, 5.41) is 9.56. The van der Waals surface area contributed by atoms with Crippen LogP contribution in [0.3, 0.4) is 0 Å². The number of nitrogens with two attached hydrogens (primary N) is 2. The number of fused-ring (bicyclic) bond motifs is 2. The fourth-order valence-electron chi connectivity index (χ4n) is 9.71. The molecule has 13 nitrogen and oxygen atoms in total. The summed E-state index contributed by atoms with van der Waals surface area (Å²) in [6.07, 6.45) is 14.3. The molecule has 4 heterocycles. The first-order valence-electron chi connectivity index (χ1n) is 22.3. The molecule has 7 aromatic rings. The molecule has 0 bridgehead atoms. The Kier molecular flexibility index (Phi) is 17.8. The fourth-order valence-corrected chi connectivity index (χ4v) is 9.71. The van der Waals surface area contributed by atoms with Crippen molar-refractivity contribution in [3.63, 3.8) is 0 Å². The third-order valence-corrected chi connectivity index (χ3v) is 12.7. The van der Waals surface area contributed by atoms with Gasteiger partial charge in [-0.3, -0.25) is 0 Å². The van der Waals surface area contributed by atoms with Gasteiger partial charge in [-0.2, -0.15) is 8.42 Å². The first kappa shape index (κ1) is 51.2. The minimum absolute atomic E-state index is 0. The predicted molar refractivity (Wildman–Crippen MR) is 260 cm³/mol. The van der Waals surface area contributed by atoms with Crippen LogP contribution < -0.4 is 51.7 Å². The molecule has 2 aliphatic rings. The minimum atomic E-state index is -0.750. The van der Waals surface area contributed by atoms with Crippen molar-refractivity contribution in [2.75, 3.05) is 10.6 Å². The van der Waals surface area contributed by atoms with Gasteiger partial charge >= 0.3 is 41.1 Å². The zero-order valence-electron chi connectivity index (χ0n) is 38.9. The van der Waals surface area contributed by atoms with Crippen molar-refractivity contribution in [2.24, 2.45) is 11.5 Å². The van der Waals surface area contributed by atoms with Crippen molar-refractivity contribution >= 4 is 45.3 Å². The summed E-state index contributed by atoms with van der Waals surface area (Å²) in [5.41, 5.74) is 25.2. The Morgan fingerprint density at radius 3 is 1.72 bits per heavy atom. The summed E-state index contributed by atoms with van der Waals surface area (Å²) in [4.78, 5) is 22.8. The van der Waals surface area contributed by atoms with E-state index in [1.807, 2.05) is 12.4 Å². The molecule has 15 heteroatoms. The first-order chi connectivity index (χ1) is 30.3. The van der Waals surface area contributed by atoms with E-state index in [9.17, 15) is 0 Å². The molecule has 0 unspecified atom stereocenters. The molecule has 0 spiro atoms. The van der Waals surface area contributed by atoms with Crippen LogP contribution in [0.2, 0.25) is 0 Å². The average molecular weight is 907 g/mol. The topological polar surface area (TPSA) is 213 Å². The van der Waals surface area contributed by atoms with E-state index in [0.29, 0.717) is 24.0 Å². The molecular weight excluding hydrogens is 844 g/mol. The molecule has 4 atom stereocenters. The van der Waals surface area contributed by atoms with Gasteiger partial charge in [0.1, 0.15) is 0 Å². The number of nitrogens with zero attached hydrogens (tertiary/aromatic N) is 5. The summed E-state index contributed by atoms with van der Waals surface area (Å²) in [6.45, 7) is 12.9. The molecule has 0 amide bonds. The number of nitrogens with one attached hydrogen (secondary N) is 3. The van der Waals surface area contributed by atoms with Crippen LogP contribution in [0, 0.1) is 13.8 Å². The van der Waals surface area contributed by atoms with Gasteiger partial charge in [0.05, 0.1) is 16.9 Å². The standard InChI is InChI=1S/C28H33N5.C22H29N5.Na.O2S.H2O/c1-4-20-18-30-27(31-21-11-10-16-28(3,29)17-21)32-26(20)25-19(2)33(22-12-6-5-7-13-22)24-15-9-8-14-23(24)25;1-4-15-13-24-21(26-16-8-7-11-22(3,23)12-16)27-20(15)19-14(2)25-18-10-6-5-9-17(18)19;;1-3-2;/h5-9,12-15,18,21H,4,10-11,16-17,29H2,1-3H3,(H,30,31,32);5-6,9-10,13,16,25H,4,7-8,11-12,23H2,1-3H3,(H,24,26,27);;;1H2/q;;+1;;/p-1/t21-,28+;16-,22+;;;/m11.../s1. The van der Waals surface area contributed by atoms with E-state index in [2.05, 4.69) is 151 Å². The molecule has 65 heavy (non-hydrogen) atoms. The molecule has 0 aliphatic heterocycles. The van der Waals surface area contributed by atoms with Crippen molar-refractivity contribution in [2.45, 2.75) is 129 Å². The second-order valence-corrected chi connectivity index (χ2v) is 18.0. The number of benzene rings is 3. The van der Waals surface area contributed by atoms with Crippen LogP contribution in [0.25, 0.3) is 50.0 Å². The van der Waals surface area contributed by atoms with Crippen LogP contribution in [0.5, 0.6) is 0 Å². The molecule has 4 aromatic heterocycles. The van der Waals surface area contributed by atoms with Crippen LogP contribution in [-0.4, -0.2) is 66.5 Å². The second-order valence-electron chi connectivity index (χ2n) is 17.9. The predicted octanol–water partition coefficient (Wildman–Crippen LogP) is 6.75. The van der Waals surface area contributed by atoms with E-state index in [4.69, 9.17) is 29.9 Å². The molecule has 8 N–H and O–H groups in total. The number of aryl methyl sites for hydroxylation is 3. The Morgan fingerprint density at radius 1 is 0.723 bits per heavy atom.